The summed E-state index contributed by atoms with van der Waals surface area (Å²) in [6.45, 7) is 1.93. The highest BCUT2D eigenvalue weighted by molar-refractivity contribution is 6.58. The first-order valence-corrected chi connectivity index (χ1v) is 19.3. The summed E-state index contributed by atoms with van der Waals surface area (Å²) in [5, 5.41) is 12.5. The number of alkyl halides is 2. The van der Waals surface area contributed by atoms with Crippen LogP contribution in [0, 0.1) is 46.8 Å². The van der Waals surface area contributed by atoms with Crippen molar-refractivity contribution >= 4 is 63.3 Å². The second-order valence-electron chi connectivity index (χ2n) is 15.5. The van der Waals surface area contributed by atoms with Crippen LogP contribution in [0.15, 0.2) is 78.4 Å². The smallest absolute Gasteiger partial charge is 0.258 e. The van der Waals surface area contributed by atoms with E-state index in [4.69, 9.17) is 23.2 Å². The summed E-state index contributed by atoms with van der Waals surface area (Å²) in [6, 6.07) is 19.0. The number of amides is 4. The number of piperidine rings is 1. The van der Waals surface area contributed by atoms with Gasteiger partial charge < -0.3 is 5.11 Å². The quantitative estimate of drug-likeness (QED) is 0.0561. The molecule has 9 rings (SSSR count). The molecular formula is C42H32Cl2F5N3O5. The Labute approximate surface area is 332 Å². The Kier molecular flexibility index (Phi) is 8.83. The number of rotatable bonds is 5. The summed E-state index contributed by atoms with van der Waals surface area (Å²) in [5.41, 5.74) is -0.469. The van der Waals surface area contributed by atoms with Crippen molar-refractivity contribution in [2.75, 3.05) is 18.0 Å². The van der Waals surface area contributed by atoms with Crippen LogP contribution >= 0.6 is 23.2 Å². The van der Waals surface area contributed by atoms with E-state index in [1.165, 1.54) is 11.0 Å². The van der Waals surface area contributed by atoms with Crippen LogP contribution in [-0.2, 0) is 25.7 Å². The number of allylic oxidation sites excluding steroid dienone is 2. The number of carbonyl (C=O) groups excluding carboxylic acids is 4. The molecule has 6 atom stereocenters. The number of hydrogen-bond donors (Lipinski definition) is 1. The Hall–Kier alpha value is -4.85. The zero-order valence-electron chi connectivity index (χ0n) is 29.8. The molecule has 3 saturated heterocycles. The van der Waals surface area contributed by atoms with Crippen molar-refractivity contribution < 1.29 is 46.2 Å². The summed E-state index contributed by atoms with van der Waals surface area (Å²) in [6.07, 6.45) is 2.04. The van der Waals surface area contributed by atoms with Crippen LogP contribution in [-0.4, -0.2) is 67.4 Å². The molecule has 294 valence electrons. The molecule has 0 aromatic heterocycles. The molecule has 8 nitrogen and oxygen atoms in total. The molecule has 4 fully saturated rings. The summed E-state index contributed by atoms with van der Waals surface area (Å²) in [5.74, 6) is -21.4. The van der Waals surface area contributed by atoms with E-state index in [2.05, 4.69) is 4.90 Å². The minimum atomic E-state index is -2.75. The van der Waals surface area contributed by atoms with Gasteiger partial charge in [-0.05, 0) is 54.0 Å². The van der Waals surface area contributed by atoms with Gasteiger partial charge in [0.05, 0.1) is 11.8 Å². The molecule has 3 aliphatic heterocycles. The van der Waals surface area contributed by atoms with Crippen molar-refractivity contribution in [3.63, 3.8) is 0 Å². The van der Waals surface area contributed by atoms with E-state index < -0.39 is 110 Å². The predicted octanol–water partition coefficient (Wildman–Crippen LogP) is 7.47. The van der Waals surface area contributed by atoms with Crippen LogP contribution < -0.4 is 4.90 Å². The van der Waals surface area contributed by atoms with Gasteiger partial charge in [0.2, 0.25) is 17.6 Å². The molecule has 4 amide bonds. The highest BCUT2D eigenvalue weighted by Crippen LogP contribution is 2.67. The van der Waals surface area contributed by atoms with Crippen molar-refractivity contribution in [2.24, 2.45) is 17.8 Å². The lowest BCUT2D eigenvalue weighted by atomic mass is 9.56. The zero-order valence-corrected chi connectivity index (χ0v) is 31.3. The number of anilines is 1. The molecule has 6 unspecified atom stereocenters. The van der Waals surface area contributed by atoms with E-state index >= 15 is 8.78 Å². The number of halogens is 7. The van der Waals surface area contributed by atoms with Crippen molar-refractivity contribution in [1.82, 2.24) is 9.80 Å². The van der Waals surface area contributed by atoms with Gasteiger partial charge in [0.1, 0.15) is 11.4 Å². The Morgan fingerprint density at radius 1 is 0.737 bits per heavy atom. The zero-order chi connectivity index (χ0) is 40.3. The standard InChI is InChI=1S/C42H32Cl2F5N3O5/c43-41-18-26-24(11-12-25-28(26)38(55)51(37(25)54)22-14-16-50(17-15-22)19-20-6-2-1-3-7-20)30(29-23-9-5-4-8-21(23)10-13-27(29)53)42(41,44)40(57)52(39(41)56)36-34(48)32(46)31(45)33(47)35(36)49/h1-11,13,22,25-26,28,30,53H,12,14-19H2. The van der Waals surface area contributed by atoms with Gasteiger partial charge in [-0.2, -0.15) is 0 Å². The normalized spacial score (nSPS) is 29.2. The first-order valence-electron chi connectivity index (χ1n) is 18.5. The molecule has 4 aromatic carbocycles. The number of phenolic OH excluding ortho intramolecular Hbond substituents is 1. The van der Waals surface area contributed by atoms with Gasteiger partial charge >= 0.3 is 0 Å². The number of phenols is 1. The monoisotopic (exact) mass is 823 g/mol. The number of nitrogens with zero attached hydrogens (tertiary/aromatic N) is 3. The topological polar surface area (TPSA) is 98.2 Å². The number of hydrogen-bond acceptors (Lipinski definition) is 6. The minimum absolute atomic E-state index is 0.0117. The highest BCUT2D eigenvalue weighted by atomic mass is 35.5. The highest BCUT2D eigenvalue weighted by Gasteiger charge is 2.77. The Bertz CT molecular complexity index is 2430. The van der Waals surface area contributed by atoms with E-state index in [-0.39, 0.29) is 22.5 Å². The maximum Gasteiger partial charge on any atom is 0.258 e. The number of carbonyl (C=O) groups is 4. The Morgan fingerprint density at radius 2 is 1.37 bits per heavy atom. The van der Waals surface area contributed by atoms with Crippen molar-refractivity contribution in [3.8, 4) is 5.75 Å². The SMILES string of the molecule is O=C1C2CC=C3C(CC4(Cl)C(=O)N(c5c(F)c(F)c(F)c(F)c5F)C(=O)C4(Cl)C3c3c(O)ccc4ccccc34)C2C(=O)N1C1CCN(Cc2ccccc2)CC1. The van der Waals surface area contributed by atoms with Crippen molar-refractivity contribution in [1.29, 1.82) is 0 Å². The van der Waals surface area contributed by atoms with Gasteiger partial charge in [-0.15, -0.1) is 23.2 Å². The summed E-state index contributed by atoms with van der Waals surface area (Å²) in [4.78, 5) is 56.0. The molecule has 3 heterocycles. The molecule has 2 aliphatic carbocycles. The van der Waals surface area contributed by atoms with Crippen LogP contribution in [0.5, 0.6) is 5.75 Å². The molecule has 57 heavy (non-hydrogen) atoms. The van der Waals surface area contributed by atoms with Crippen LogP contribution in [0.1, 0.15) is 42.7 Å². The molecule has 1 N–H and O–H groups in total. The fourth-order valence-electron chi connectivity index (χ4n) is 10.0. The van der Waals surface area contributed by atoms with Crippen LogP contribution in [0.3, 0.4) is 0 Å². The van der Waals surface area contributed by atoms with Gasteiger partial charge in [-0.1, -0.05) is 72.3 Å². The van der Waals surface area contributed by atoms with Crippen LogP contribution in [0.4, 0.5) is 27.6 Å². The summed E-state index contributed by atoms with van der Waals surface area (Å²) in [7, 11) is 0. The summed E-state index contributed by atoms with van der Waals surface area (Å²) < 4.78 is 74.3. The number of imide groups is 2. The largest absolute Gasteiger partial charge is 0.508 e. The van der Waals surface area contributed by atoms with Crippen LogP contribution in [0.25, 0.3) is 10.8 Å². The molecule has 0 radical (unpaired) electrons. The molecule has 0 spiro atoms. The maximum atomic E-state index is 15.4. The van der Waals surface area contributed by atoms with Gasteiger partial charge in [0.15, 0.2) is 33.0 Å². The lowest BCUT2D eigenvalue weighted by Gasteiger charge is -2.51. The molecule has 1 saturated carbocycles. The van der Waals surface area contributed by atoms with E-state index in [1.54, 1.807) is 36.4 Å². The minimum Gasteiger partial charge on any atom is -0.508 e. The third-order valence-corrected chi connectivity index (χ3v) is 14.1. The van der Waals surface area contributed by atoms with Crippen LogP contribution in [0.2, 0.25) is 0 Å². The summed E-state index contributed by atoms with van der Waals surface area (Å²) >= 11 is 14.6. The first kappa shape index (κ1) is 37.7. The van der Waals surface area contributed by atoms with E-state index in [1.807, 2.05) is 30.3 Å². The lowest BCUT2D eigenvalue weighted by Crippen LogP contribution is -2.60. The Balaban J connectivity index is 1.15. The predicted molar refractivity (Wildman–Crippen MR) is 199 cm³/mol. The second-order valence-corrected chi connectivity index (χ2v) is 16.7. The van der Waals surface area contributed by atoms with Gasteiger partial charge in [-0.3, -0.25) is 29.0 Å². The third kappa shape index (κ3) is 5.20. The average molecular weight is 825 g/mol. The molecule has 0 bridgehead atoms. The van der Waals surface area contributed by atoms with Gasteiger partial charge in [-0.25, -0.2) is 26.9 Å². The van der Waals surface area contributed by atoms with E-state index in [0.29, 0.717) is 43.2 Å². The van der Waals surface area contributed by atoms with E-state index in [0.717, 1.165) is 5.56 Å². The molecular weight excluding hydrogens is 792 g/mol. The number of likely N-dealkylation sites (tertiary alicyclic amines) is 2. The lowest BCUT2D eigenvalue weighted by molar-refractivity contribution is -0.144. The fraction of sp³-hybridized carbons (Fsp3) is 0.333. The number of benzene rings is 4. The van der Waals surface area contributed by atoms with E-state index in [9.17, 15) is 37.5 Å². The molecule has 5 aliphatic rings. The third-order valence-electron chi connectivity index (χ3n) is 12.7. The Morgan fingerprint density at radius 3 is 2.05 bits per heavy atom. The van der Waals surface area contributed by atoms with Crippen molar-refractivity contribution in [3.05, 3.63) is 119 Å². The number of fused-ring (bicyclic) bond motifs is 5. The first-order chi connectivity index (χ1) is 27.2. The fourth-order valence-corrected chi connectivity index (χ4v) is 11.0. The molecule has 4 aromatic rings. The average Bonchev–Trinajstić information content (AvgIpc) is 3.55. The van der Waals surface area contributed by atoms with Crippen molar-refractivity contribution in [2.45, 2.75) is 53.9 Å². The van der Waals surface area contributed by atoms with Gasteiger partial charge in [0.25, 0.3) is 11.8 Å². The number of aromatic hydroxyl groups is 1. The maximum absolute atomic E-state index is 15.4. The molecule has 15 heteroatoms. The van der Waals surface area contributed by atoms with Gasteiger partial charge in [0, 0.05) is 37.2 Å². The second kappa shape index (κ2) is 13.4.